The summed E-state index contributed by atoms with van der Waals surface area (Å²) in [7, 11) is 0. The number of nitrogens with zero attached hydrogens (tertiary/aromatic N) is 1. The van der Waals surface area contributed by atoms with Crippen LogP contribution in [0.5, 0.6) is 0 Å². The maximum atomic E-state index is 12.8. The molecule has 2 N–H and O–H groups in total. The summed E-state index contributed by atoms with van der Waals surface area (Å²) in [6, 6.07) is 0. The first-order valence-corrected chi connectivity index (χ1v) is 21.6. The predicted molar refractivity (Wildman–Crippen MR) is 210 cm³/mol. The van der Waals surface area contributed by atoms with Gasteiger partial charge in [-0.05, 0) is 64.2 Å². The Morgan fingerprint density at radius 2 is 1.10 bits per heavy atom. The summed E-state index contributed by atoms with van der Waals surface area (Å²) in [5.74, 6) is 0.390. The molecule has 0 aliphatic carbocycles. The number of hydrogen-bond donors (Lipinski definition) is 1. The molecule has 0 saturated carbocycles. The van der Waals surface area contributed by atoms with Crippen LogP contribution in [0.3, 0.4) is 0 Å². The van der Waals surface area contributed by atoms with Gasteiger partial charge in [-0.3, -0.25) is 14.4 Å². The zero-order valence-corrected chi connectivity index (χ0v) is 33.2. The van der Waals surface area contributed by atoms with Crippen LogP contribution < -0.4 is 5.73 Å². The Kier molecular flexibility index (Phi) is 36.5. The summed E-state index contributed by atoms with van der Waals surface area (Å²) in [6.07, 6.45) is 33.0. The van der Waals surface area contributed by atoms with Crippen LogP contribution in [-0.2, 0) is 19.1 Å². The molecule has 0 rings (SSSR count). The minimum absolute atomic E-state index is 0.0568. The molecule has 0 fully saturated rings. The van der Waals surface area contributed by atoms with E-state index in [2.05, 4.69) is 26.8 Å². The summed E-state index contributed by atoms with van der Waals surface area (Å²) in [5.41, 5.74) is 5.64. The molecule has 0 aromatic rings. The molecule has 8 heteroatoms. The number of ether oxygens (including phenoxy) is 2. The molecule has 0 aromatic carbocycles. The normalized spacial score (nSPS) is 11.4. The highest BCUT2D eigenvalue weighted by atomic mass is 32.2. The number of carbonyl (C=O) groups excluding carboxylic acids is 3. The fourth-order valence-electron chi connectivity index (χ4n) is 5.93. The van der Waals surface area contributed by atoms with Crippen LogP contribution in [0.1, 0.15) is 194 Å². The van der Waals surface area contributed by atoms with Crippen molar-refractivity contribution in [1.29, 1.82) is 0 Å². The van der Waals surface area contributed by atoms with Crippen molar-refractivity contribution >= 4 is 28.9 Å². The van der Waals surface area contributed by atoms with E-state index in [1.807, 2.05) is 11.0 Å². The van der Waals surface area contributed by atoms with Gasteiger partial charge in [-0.15, -0.1) is 0 Å². The Labute approximate surface area is 307 Å². The van der Waals surface area contributed by atoms with Gasteiger partial charge in [-0.1, -0.05) is 141 Å². The summed E-state index contributed by atoms with van der Waals surface area (Å²) in [5, 5.41) is 0.0676. The first-order chi connectivity index (χ1) is 24.0. The Morgan fingerprint density at radius 3 is 1.65 bits per heavy atom. The number of thioether (sulfide) groups is 1. The van der Waals surface area contributed by atoms with Crippen molar-refractivity contribution in [3.05, 3.63) is 12.2 Å². The van der Waals surface area contributed by atoms with Gasteiger partial charge in [0.25, 0.3) is 5.24 Å². The lowest BCUT2D eigenvalue weighted by molar-refractivity contribution is -0.150. The molecule has 0 aromatic heterocycles. The maximum absolute atomic E-state index is 12.8. The van der Waals surface area contributed by atoms with Crippen LogP contribution in [0.4, 0.5) is 4.79 Å². The standard InChI is InChI=1S/C41H78N2O5S/c1-4-7-10-13-16-19-28-36-47-39(44)31-24-20-26-34-43(41(46)49-37-33-42)35-27-21-25-32-40(45)48-38(29-22-17-14-11-8-5-2)30-23-18-15-12-9-6-3/h19,28,38H,4-18,20-27,29-37,42H2,1-3H3/b28-19-. The number of esters is 2. The zero-order chi connectivity index (χ0) is 36.0. The first-order valence-electron chi connectivity index (χ1n) is 20.6. The summed E-state index contributed by atoms with van der Waals surface area (Å²) in [6.45, 7) is 8.88. The average Bonchev–Trinajstić information content (AvgIpc) is 3.09. The molecule has 7 nitrogen and oxygen atoms in total. The summed E-state index contributed by atoms with van der Waals surface area (Å²) < 4.78 is 11.3. The third kappa shape index (κ3) is 33.4. The zero-order valence-electron chi connectivity index (χ0n) is 32.3. The van der Waals surface area contributed by atoms with E-state index in [9.17, 15) is 14.4 Å². The second-order valence-corrected chi connectivity index (χ2v) is 14.8. The molecule has 0 aliphatic heterocycles. The van der Waals surface area contributed by atoms with Gasteiger partial charge in [-0.2, -0.15) is 0 Å². The molecule has 0 aliphatic rings. The Morgan fingerprint density at radius 1 is 0.612 bits per heavy atom. The van der Waals surface area contributed by atoms with E-state index in [0.717, 1.165) is 70.6 Å². The number of nitrogens with two attached hydrogens (primary N) is 1. The number of carbonyl (C=O) groups is 3. The van der Waals surface area contributed by atoms with E-state index < -0.39 is 0 Å². The molecule has 49 heavy (non-hydrogen) atoms. The van der Waals surface area contributed by atoms with Crippen molar-refractivity contribution in [2.45, 2.75) is 200 Å². The van der Waals surface area contributed by atoms with Gasteiger partial charge in [-0.25, -0.2) is 0 Å². The highest BCUT2D eigenvalue weighted by Gasteiger charge is 2.16. The fourth-order valence-corrected chi connectivity index (χ4v) is 6.59. The van der Waals surface area contributed by atoms with Gasteiger partial charge < -0.3 is 20.1 Å². The van der Waals surface area contributed by atoms with Crippen molar-refractivity contribution in [3.8, 4) is 0 Å². The van der Waals surface area contributed by atoms with Crippen LogP contribution >= 0.6 is 11.8 Å². The molecule has 0 heterocycles. The lowest BCUT2D eigenvalue weighted by atomic mass is 10.0. The monoisotopic (exact) mass is 711 g/mol. The van der Waals surface area contributed by atoms with Gasteiger partial charge >= 0.3 is 11.9 Å². The Balaban J connectivity index is 4.41. The number of unbranched alkanes of at least 4 members (excludes halogenated alkanes) is 18. The van der Waals surface area contributed by atoms with E-state index in [1.54, 1.807) is 0 Å². The molecule has 288 valence electrons. The largest absolute Gasteiger partial charge is 0.462 e. The van der Waals surface area contributed by atoms with Crippen LogP contribution in [0.2, 0.25) is 0 Å². The minimum Gasteiger partial charge on any atom is -0.462 e. The molecule has 0 unspecified atom stereocenters. The van der Waals surface area contributed by atoms with Gasteiger partial charge in [0.15, 0.2) is 0 Å². The third-order valence-corrected chi connectivity index (χ3v) is 9.95. The molecule has 0 atom stereocenters. The van der Waals surface area contributed by atoms with Gasteiger partial charge in [0, 0.05) is 38.2 Å². The van der Waals surface area contributed by atoms with Gasteiger partial charge in [0.2, 0.25) is 0 Å². The van der Waals surface area contributed by atoms with Gasteiger partial charge in [0.05, 0.1) is 0 Å². The van der Waals surface area contributed by atoms with Gasteiger partial charge in [0.1, 0.15) is 12.7 Å². The topological polar surface area (TPSA) is 98.9 Å². The lowest BCUT2D eigenvalue weighted by Crippen LogP contribution is -2.30. The van der Waals surface area contributed by atoms with Crippen LogP contribution in [0, 0.1) is 0 Å². The predicted octanol–water partition coefficient (Wildman–Crippen LogP) is 11.7. The van der Waals surface area contributed by atoms with Crippen molar-refractivity contribution in [3.63, 3.8) is 0 Å². The summed E-state index contributed by atoms with van der Waals surface area (Å²) in [4.78, 5) is 39.6. The minimum atomic E-state index is -0.156. The summed E-state index contributed by atoms with van der Waals surface area (Å²) >= 11 is 1.28. The number of rotatable bonds is 36. The maximum Gasteiger partial charge on any atom is 0.306 e. The van der Waals surface area contributed by atoms with Crippen molar-refractivity contribution < 1.29 is 23.9 Å². The van der Waals surface area contributed by atoms with Crippen LogP contribution in [0.25, 0.3) is 0 Å². The highest BCUT2D eigenvalue weighted by Crippen LogP contribution is 2.19. The van der Waals surface area contributed by atoms with E-state index in [4.69, 9.17) is 15.2 Å². The third-order valence-electron chi connectivity index (χ3n) is 9.01. The SMILES string of the molecule is CCCCCC/C=C\COC(=O)CCCCCN(CCCCCC(=O)OC(CCCCCCCC)CCCCCCCC)C(=O)SCCN. The van der Waals surface area contributed by atoms with E-state index in [0.29, 0.717) is 44.8 Å². The molecular formula is C41H78N2O5S. The van der Waals surface area contributed by atoms with Crippen molar-refractivity contribution in [1.82, 2.24) is 4.90 Å². The quantitative estimate of drug-likeness (QED) is 0.0392. The van der Waals surface area contributed by atoms with E-state index in [1.165, 1.54) is 102 Å². The van der Waals surface area contributed by atoms with Crippen molar-refractivity contribution in [2.24, 2.45) is 5.73 Å². The average molecular weight is 711 g/mol. The highest BCUT2D eigenvalue weighted by molar-refractivity contribution is 8.13. The Bertz CT molecular complexity index is 778. The number of amides is 1. The molecule has 0 bridgehead atoms. The number of hydrogen-bond acceptors (Lipinski definition) is 7. The molecular weight excluding hydrogens is 633 g/mol. The van der Waals surface area contributed by atoms with Crippen LogP contribution in [0.15, 0.2) is 12.2 Å². The van der Waals surface area contributed by atoms with E-state index in [-0.39, 0.29) is 23.3 Å². The smallest absolute Gasteiger partial charge is 0.306 e. The second-order valence-electron chi connectivity index (χ2n) is 13.7. The molecule has 0 spiro atoms. The van der Waals surface area contributed by atoms with E-state index >= 15 is 0 Å². The lowest BCUT2D eigenvalue weighted by Gasteiger charge is -2.22. The molecule has 0 saturated heterocycles. The van der Waals surface area contributed by atoms with Crippen molar-refractivity contribution in [2.75, 3.05) is 32.0 Å². The Hall–Kier alpha value is -1.54. The fraction of sp³-hybridized carbons (Fsp3) is 0.878. The molecule has 1 amide bonds. The second kappa shape index (κ2) is 37.7. The molecule has 0 radical (unpaired) electrons. The number of allylic oxidation sites excluding steroid dienone is 1. The first kappa shape index (κ1) is 47.5. The van der Waals surface area contributed by atoms with Crippen LogP contribution in [-0.4, -0.2) is 60.2 Å².